The summed E-state index contributed by atoms with van der Waals surface area (Å²) in [6, 6.07) is 15.1. The van der Waals surface area contributed by atoms with Gasteiger partial charge in [-0.25, -0.2) is 0 Å². The van der Waals surface area contributed by atoms with E-state index in [0.717, 1.165) is 12.0 Å². The zero-order chi connectivity index (χ0) is 17.4. The smallest absolute Gasteiger partial charge is 0.257 e. The Labute approximate surface area is 149 Å². The minimum Gasteiger partial charge on any atom is -0.493 e. The average molecular weight is 389 g/mol. The van der Waals surface area contributed by atoms with Crippen molar-refractivity contribution in [2.24, 2.45) is 0 Å². The molecule has 124 valence electrons. The van der Waals surface area contributed by atoms with Crippen molar-refractivity contribution < 1.29 is 14.3 Å². The van der Waals surface area contributed by atoms with Crippen LogP contribution in [-0.4, -0.2) is 26.2 Å². The van der Waals surface area contributed by atoms with E-state index >= 15 is 0 Å². The zero-order valence-corrected chi connectivity index (χ0v) is 14.8. The molecule has 6 heteroatoms. The number of benzene rings is 2. The zero-order valence-electron chi connectivity index (χ0n) is 13.2. The first-order valence-electron chi connectivity index (χ1n) is 7.35. The first-order chi connectivity index (χ1) is 11.6. The van der Waals surface area contributed by atoms with Crippen LogP contribution in [0.25, 0.3) is 0 Å². The fraction of sp³-hybridized carbons (Fsp3) is 0.222. The molecule has 0 saturated carbocycles. The van der Waals surface area contributed by atoms with Crippen LogP contribution in [0.5, 0.6) is 11.5 Å². The van der Waals surface area contributed by atoms with Crippen molar-refractivity contribution in [1.29, 1.82) is 5.26 Å². The van der Waals surface area contributed by atoms with Crippen LogP contribution in [-0.2, 0) is 11.2 Å². The van der Waals surface area contributed by atoms with Gasteiger partial charge in [0.05, 0.1) is 12.7 Å². The summed E-state index contributed by atoms with van der Waals surface area (Å²) in [6.07, 6.45) is 0.762. The van der Waals surface area contributed by atoms with Gasteiger partial charge in [-0.3, -0.25) is 4.79 Å². The van der Waals surface area contributed by atoms with E-state index in [-0.39, 0.29) is 12.5 Å². The summed E-state index contributed by atoms with van der Waals surface area (Å²) in [7, 11) is 1.48. The molecule has 0 unspecified atom stereocenters. The van der Waals surface area contributed by atoms with Gasteiger partial charge in [0.25, 0.3) is 5.91 Å². The van der Waals surface area contributed by atoms with Gasteiger partial charge in [-0.15, -0.1) is 0 Å². The predicted molar refractivity (Wildman–Crippen MR) is 94.1 cm³/mol. The minimum atomic E-state index is -0.214. The molecule has 2 rings (SSSR count). The molecule has 2 aromatic carbocycles. The van der Waals surface area contributed by atoms with Crippen molar-refractivity contribution in [2.75, 3.05) is 20.3 Å². The Hall–Kier alpha value is -2.52. The first-order valence-corrected chi connectivity index (χ1v) is 8.14. The Morgan fingerprint density at radius 3 is 2.67 bits per heavy atom. The Morgan fingerprint density at radius 2 is 2.00 bits per heavy atom. The molecule has 0 bridgehead atoms. The van der Waals surface area contributed by atoms with Gasteiger partial charge in [0.1, 0.15) is 6.07 Å². The van der Waals surface area contributed by atoms with Crippen molar-refractivity contribution in [3.63, 3.8) is 0 Å². The number of nitrogens with zero attached hydrogens (tertiary/aromatic N) is 1. The van der Waals surface area contributed by atoms with Gasteiger partial charge in [-0.1, -0.05) is 30.3 Å². The molecular weight excluding hydrogens is 372 g/mol. The van der Waals surface area contributed by atoms with Crippen molar-refractivity contribution in [3.05, 3.63) is 58.1 Å². The Bertz CT molecular complexity index is 742. The standard InChI is InChI=1S/C18H17BrN2O3/c1-23-16-9-14(11-20)15(19)10-17(16)24-12-18(22)21-8-7-13-5-3-2-4-6-13/h2-6,9-10H,7-8,12H2,1H3,(H,21,22). The lowest BCUT2D eigenvalue weighted by Crippen LogP contribution is -2.30. The molecule has 0 atom stereocenters. The van der Waals surface area contributed by atoms with Crippen LogP contribution in [0.15, 0.2) is 46.9 Å². The molecule has 1 amide bonds. The summed E-state index contributed by atoms with van der Waals surface area (Å²) in [4.78, 5) is 11.9. The minimum absolute atomic E-state index is 0.122. The second-order valence-electron chi connectivity index (χ2n) is 4.97. The Morgan fingerprint density at radius 1 is 1.25 bits per heavy atom. The summed E-state index contributed by atoms with van der Waals surface area (Å²) < 4.78 is 11.3. The molecular formula is C18H17BrN2O3. The van der Waals surface area contributed by atoms with Gasteiger partial charge in [-0.2, -0.15) is 5.26 Å². The van der Waals surface area contributed by atoms with Gasteiger partial charge >= 0.3 is 0 Å². The molecule has 0 fully saturated rings. The molecule has 0 heterocycles. The maximum absolute atomic E-state index is 11.9. The molecule has 0 spiro atoms. The van der Waals surface area contributed by atoms with Gasteiger partial charge in [0.2, 0.25) is 0 Å². The van der Waals surface area contributed by atoms with Gasteiger partial charge in [0, 0.05) is 17.1 Å². The third-order valence-electron chi connectivity index (χ3n) is 3.31. The SMILES string of the molecule is COc1cc(C#N)c(Br)cc1OCC(=O)NCCc1ccccc1. The molecule has 0 saturated heterocycles. The lowest BCUT2D eigenvalue weighted by Gasteiger charge is -2.12. The van der Waals surface area contributed by atoms with Gasteiger partial charge < -0.3 is 14.8 Å². The number of nitrogens with one attached hydrogen (secondary N) is 1. The van der Waals surface area contributed by atoms with Crippen LogP contribution < -0.4 is 14.8 Å². The summed E-state index contributed by atoms with van der Waals surface area (Å²) >= 11 is 3.29. The van der Waals surface area contributed by atoms with E-state index in [1.165, 1.54) is 7.11 Å². The fourth-order valence-electron chi connectivity index (χ4n) is 2.08. The largest absolute Gasteiger partial charge is 0.493 e. The van der Waals surface area contributed by atoms with Crippen molar-refractivity contribution >= 4 is 21.8 Å². The van der Waals surface area contributed by atoms with E-state index < -0.39 is 0 Å². The number of rotatable bonds is 7. The average Bonchev–Trinajstić information content (AvgIpc) is 2.61. The molecule has 0 aliphatic carbocycles. The van der Waals surface area contributed by atoms with Crippen LogP contribution in [0.4, 0.5) is 0 Å². The van der Waals surface area contributed by atoms with E-state index in [1.54, 1.807) is 12.1 Å². The first kappa shape index (κ1) is 17.8. The van der Waals surface area contributed by atoms with E-state index in [9.17, 15) is 4.79 Å². The second kappa shape index (κ2) is 8.94. The normalized spacial score (nSPS) is 9.88. The number of amides is 1. The molecule has 0 aromatic heterocycles. The number of carbonyl (C=O) groups is 1. The maximum Gasteiger partial charge on any atom is 0.257 e. The van der Waals surface area contributed by atoms with Crippen LogP contribution in [0.2, 0.25) is 0 Å². The topological polar surface area (TPSA) is 71.3 Å². The van der Waals surface area contributed by atoms with Crippen molar-refractivity contribution in [1.82, 2.24) is 5.32 Å². The number of methoxy groups -OCH3 is 1. The number of ether oxygens (including phenoxy) is 2. The lowest BCUT2D eigenvalue weighted by molar-refractivity contribution is -0.123. The van der Waals surface area contributed by atoms with Crippen LogP contribution in [0, 0.1) is 11.3 Å². The number of hydrogen-bond acceptors (Lipinski definition) is 4. The maximum atomic E-state index is 11.9. The highest BCUT2D eigenvalue weighted by Crippen LogP contribution is 2.33. The van der Waals surface area contributed by atoms with Gasteiger partial charge in [0.15, 0.2) is 18.1 Å². The molecule has 0 aliphatic heterocycles. The number of nitriles is 1. The van der Waals surface area contributed by atoms with Crippen LogP contribution in [0.3, 0.4) is 0 Å². The summed E-state index contributed by atoms with van der Waals surface area (Å²) in [5.41, 5.74) is 1.60. The van der Waals surface area contributed by atoms with E-state index in [4.69, 9.17) is 14.7 Å². The monoisotopic (exact) mass is 388 g/mol. The van der Waals surface area contributed by atoms with E-state index in [1.807, 2.05) is 36.4 Å². The highest BCUT2D eigenvalue weighted by atomic mass is 79.9. The third kappa shape index (κ3) is 5.00. The number of hydrogen-bond donors (Lipinski definition) is 1. The van der Waals surface area contributed by atoms with Crippen molar-refractivity contribution in [3.8, 4) is 17.6 Å². The molecule has 1 N–H and O–H groups in total. The Balaban J connectivity index is 1.85. The van der Waals surface area contributed by atoms with Crippen LogP contribution >= 0.6 is 15.9 Å². The van der Waals surface area contributed by atoms with E-state index in [2.05, 4.69) is 21.2 Å². The fourth-order valence-corrected chi connectivity index (χ4v) is 2.49. The summed E-state index contributed by atoms with van der Waals surface area (Å²) in [5, 5.41) is 11.8. The number of halogens is 1. The van der Waals surface area contributed by atoms with E-state index in [0.29, 0.717) is 28.1 Å². The molecule has 5 nitrogen and oxygen atoms in total. The Kier molecular flexibility index (Phi) is 6.64. The molecule has 0 aliphatic rings. The molecule has 24 heavy (non-hydrogen) atoms. The van der Waals surface area contributed by atoms with Crippen molar-refractivity contribution in [2.45, 2.75) is 6.42 Å². The second-order valence-corrected chi connectivity index (χ2v) is 5.82. The quantitative estimate of drug-likeness (QED) is 0.790. The highest BCUT2D eigenvalue weighted by molar-refractivity contribution is 9.10. The predicted octanol–water partition coefficient (Wildman–Crippen LogP) is 3.07. The third-order valence-corrected chi connectivity index (χ3v) is 3.97. The summed E-state index contributed by atoms with van der Waals surface area (Å²) in [6.45, 7) is 0.421. The highest BCUT2D eigenvalue weighted by Gasteiger charge is 2.11. The van der Waals surface area contributed by atoms with Crippen LogP contribution in [0.1, 0.15) is 11.1 Å². The summed E-state index contributed by atoms with van der Waals surface area (Å²) in [5.74, 6) is 0.599. The number of carbonyl (C=O) groups excluding carboxylic acids is 1. The molecule has 2 aromatic rings. The van der Waals surface area contributed by atoms with Gasteiger partial charge in [-0.05, 0) is 34.0 Å². The molecule has 0 radical (unpaired) electrons. The lowest BCUT2D eigenvalue weighted by atomic mass is 10.1.